The Labute approximate surface area is 113 Å². The summed E-state index contributed by atoms with van der Waals surface area (Å²) in [6.45, 7) is 2.80. The molecule has 2 unspecified atom stereocenters. The number of amides is 1. The number of anilines is 1. The smallest absolute Gasteiger partial charge is 0.227 e. The van der Waals surface area contributed by atoms with Crippen LogP contribution >= 0.6 is 0 Å². The summed E-state index contributed by atoms with van der Waals surface area (Å²) in [7, 11) is 0. The average Bonchev–Trinajstić information content (AvgIpc) is 2.39. The van der Waals surface area contributed by atoms with Crippen molar-refractivity contribution in [2.45, 2.75) is 25.5 Å². The molecule has 1 aliphatic heterocycles. The summed E-state index contributed by atoms with van der Waals surface area (Å²) in [4.78, 5) is 14.1. The Bertz CT molecular complexity index is 450. The number of nitrogen functional groups attached to an aromatic ring is 1. The number of hydrogen-bond donors (Lipinski definition) is 2. The van der Waals surface area contributed by atoms with Crippen LogP contribution in [0.2, 0.25) is 0 Å². The van der Waals surface area contributed by atoms with Crippen molar-refractivity contribution >= 4 is 11.6 Å². The van der Waals surface area contributed by atoms with Crippen LogP contribution in [0.25, 0.3) is 0 Å². The fourth-order valence-corrected chi connectivity index (χ4v) is 2.25. The van der Waals surface area contributed by atoms with E-state index in [9.17, 15) is 4.79 Å². The Kier molecular flexibility index (Phi) is 4.39. The third-order valence-electron chi connectivity index (χ3n) is 3.34. The minimum Gasteiger partial charge on any atom is -0.399 e. The van der Waals surface area contributed by atoms with Gasteiger partial charge in [-0.05, 0) is 24.6 Å². The summed E-state index contributed by atoms with van der Waals surface area (Å²) < 4.78 is 5.43. The van der Waals surface area contributed by atoms with Gasteiger partial charge >= 0.3 is 0 Å². The molecule has 2 rings (SSSR count). The molecule has 5 nitrogen and oxygen atoms in total. The number of carbonyl (C=O) groups excluding carboxylic acids is 1. The summed E-state index contributed by atoms with van der Waals surface area (Å²) in [5, 5.41) is 9.12. The molecule has 3 N–H and O–H groups in total. The van der Waals surface area contributed by atoms with E-state index in [1.54, 1.807) is 11.0 Å². The first kappa shape index (κ1) is 13.8. The Morgan fingerprint density at radius 1 is 1.58 bits per heavy atom. The third kappa shape index (κ3) is 3.45. The van der Waals surface area contributed by atoms with Crippen molar-refractivity contribution in [3.05, 3.63) is 29.8 Å². The highest BCUT2D eigenvalue weighted by Gasteiger charge is 2.29. The largest absolute Gasteiger partial charge is 0.399 e. The van der Waals surface area contributed by atoms with E-state index >= 15 is 0 Å². The molecule has 1 amide bonds. The van der Waals surface area contributed by atoms with Crippen LogP contribution in [0, 0.1) is 0 Å². The zero-order chi connectivity index (χ0) is 13.8. The highest BCUT2D eigenvalue weighted by molar-refractivity contribution is 5.79. The first-order valence-corrected chi connectivity index (χ1v) is 6.46. The number of nitrogens with two attached hydrogens (primary N) is 1. The predicted molar refractivity (Wildman–Crippen MR) is 72.6 cm³/mol. The van der Waals surface area contributed by atoms with Crippen molar-refractivity contribution in [2.75, 3.05) is 25.5 Å². The normalized spacial score (nSPS) is 23.4. The minimum absolute atomic E-state index is 0.0383. The Hall–Kier alpha value is -1.59. The van der Waals surface area contributed by atoms with Gasteiger partial charge in [0, 0.05) is 12.2 Å². The fourth-order valence-electron chi connectivity index (χ4n) is 2.25. The number of hydrogen-bond acceptors (Lipinski definition) is 4. The van der Waals surface area contributed by atoms with E-state index in [4.69, 9.17) is 15.6 Å². The molecular weight excluding hydrogens is 244 g/mol. The average molecular weight is 264 g/mol. The van der Waals surface area contributed by atoms with Crippen LogP contribution in [0.3, 0.4) is 0 Å². The second kappa shape index (κ2) is 6.04. The van der Waals surface area contributed by atoms with Crippen LogP contribution in [0.5, 0.6) is 0 Å². The number of benzene rings is 1. The summed E-state index contributed by atoms with van der Waals surface area (Å²) >= 11 is 0. The van der Waals surface area contributed by atoms with E-state index in [0.717, 1.165) is 5.56 Å². The zero-order valence-corrected chi connectivity index (χ0v) is 11.1. The lowest BCUT2D eigenvalue weighted by Crippen LogP contribution is -2.52. The number of nitrogens with zero attached hydrogens (tertiary/aromatic N) is 1. The van der Waals surface area contributed by atoms with Crippen molar-refractivity contribution in [1.29, 1.82) is 0 Å². The van der Waals surface area contributed by atoms with Gasteiger partial charge in [-0.15, -0.1) is 0 Å². The van der Waals surface area contributed by atoms with Gasteiger partial charge in [0.2, 0.25) is 5.91 Å². The van der Waals surface area contributed by atoms with Crippen LogP contribution in [0.4, 0.5) is 5.69 Å². The summed E-state index contributed by atoms with van der Waals surface area (Å²) in [6.07, 6.45) is 0.0501. The number of morpholine rings is 1. The molecule has 5 heteroatoms. The Morgan fingerprint density at radius 3 is 3.05 bits per heavy atom. The quantitative estimate of drug-likeness (QED) is 0.776. The molecule has 0 bridgehead atoms. The van der Waals surface area contributed by atoms with Crippen LogP contribution in [-0.2, 0) is 16.0 Å². The highest BCUT2D eigenvalue weighted by Crippen LogP contribution is 2.15. The van der Waals surface area contributed by atoms with Crippen LogP contribution in [0.15, 0.2) is 24.3 Å². The van der Waals surface area contributed by atoms with Gasteiger partial charge < -0.3 is 20.5 Å². The first-order valence-electron chi connectivity index (χ1n) is 6.46. The maximum atomic E-state index is 12.3. The van der Waals surface area contributed by atoms with Crippen molar-refractivity contribution in [2.24, 2.45) is 0 Å². The molecule has 0 aromatic heterocycles. The molecular formula is C14H20N2O3. The van der Waals surface area contributed by atoms with Gasteiger partial charge in [-0.1, -0.05) is 12.1 Å². The zero-order valence-electron chi connectivity index (χ0n) is 11.1. The first-order chi connectivity index (χ1) is 9.10. The number of ether oxygens (including phenoxy) is 1. The number of aliphatic hydroxyl groups is 1. The maximum absolute atomic E-state index is 12.3. The second-order valence-electron chi connectivity index (χ2n) is 4.95. The van der Waals surface area contributed by atoms with E-state index in [1.807, 2.05) is 25.1 Å². The molecule has 0 radical (unpaired) electrons. The van der Waals surface area contributed by atoms with Gasteiger partial charge in [0.15, 0.2) is 0 Å². The molecule has 104 valence electrons. The molecule has 0 aliphatic carbocycles. The van der Waals surface area contributed by atoms with E-state index in [0.29, 0.717) is 25.3 Å². The lowest BCUT2D eigenvalue weighted by molar-refractivity contribution is -0.145. The Morgan fingerprint density at radius 2 is 2.37 bits per heavy atom. The summed E-state index contributed by atoms with van der Waals surface area (Å²) in [5.74, 6) is 0.0415. The van der Waals surface area contributed by atoms with Crippen molar-refractivity contribution < 1.29 is 14.6 Å². The molecule has 0 spiro atoms. The topological polar surface area (TPSA) is 75.8 Å². The number of rotatable bonds is 3. The molecule has 1 fully saturated rings. The van der Waals surface area contributed by atoms with Crippen molar-refractivity contribution in [3.63, 3.8) is 0 Å². The molecule has 1 aliphatic rings. The molecule has 2 atom stereocenters. The van der Waals surface area contributed by atoms with Gasteiger partial charge in [-0.2, -0.15) is 0 Å². The molecule has 0 saturated carbocycles. The third-order valence-corrected chi connectivity index (χ3v) is 3.34. The monoisotopic (exact) mass is 264 g/mol. The second-order valence-corrected chi connectivity index (χ2v) is 4.95. The maximum Gasteiger partial charge on any atom is 0.227 e. The van der Waals surface area contributed by atoms with Crippen LogP contribution in [-0.4, -0.2) is 47.8 Å². The van der Waals surface area contributed by atoms with Gasteiger partial charge in [-0.3, -0.25) is 4.79 Å². The van der Waals surface area contributed by atoms with Crippen LogP contribution < -0.4 is 5.73 Å². The van der Waals surface area contributed by atoms with Crippen LogP contribution in [0.1, 0.15) is 12.5 Å². The predicted octanol–water partition coefficient (Wildman–Crippen LogP) is 0.419. The van der Waals surface area contributed by atoms with Gasteiger partial charge in [0.1, 0.15) is 0 Å². The number of aliphatic hydroxyl groups excluding tert-OH is 1. The van der Waals surface area contributed by atoms with Gasteiger partial charge in [0.25, 0.3) is 0 Å². The summed E-state index contributed by atoms with van der Waals surface area (Å²) in [5.41, 5.74) is 7.27. The lowest BCUT2D eigenvalue weighted by atomic mass is 10.1. The standard InChI is InChI=1S/C14H20N2O3/c1-10-9-19-13(8-17)7-16(10)14(18)6-11-3-2-4-12(15)5-11/h2-5,10,13,17H,6-9,15H2,1H3. The minimum atomic E-state index is -0.277. The summed E-state index contributed by atoms with van der Waals surface area (Å²) in [6, 6.07) is 7.39. The molecule has 1 saturated heterocycles. The molecule has 1 aromatic rings. The van der Waals surface area contributed by atoms with Crippen molar-refractivity contribution in [3.8, 4) is 0 Å². The SMILES string of the molecule is CC1COC(CO)CN1C(=O)Cc1cccc(N)c1. The fraction of sp³-hybridized carbons (Fsp3) is 0.500. The van der Waals surface area contributed by atoms with E-state index in [1.165, 1.54) is 0 Å². The van der Waals surface area contributed by atoms with E-state index in [2.05, 4.69) is 0 Å². The lowest BCUT2D eigenvalue weighted by Gasteiger charge is -2.37. The number of carbonyl (C=O) groups is 1. The van der Waals surface area contributed by atoms with Gasteiger partial charge in [-0.25, -0.2) is 0 Å². The van der Waals surface area contributed by atoms with E-state index in [-0.39, 0.29) is 24.7 Å². The van der Waals surface area contributed by atoms with Gasteiger partial charge in [0.05, 0.1) is 31.8 Å². The molecule has 19 heavy (non-hydrogen) atoms. The highest BCUT2D eigenvalue weighted by atomic mass is 16.5. The Balaban J connectivity index is 2.02. The van der Waals surface area contributed by atoms with Crippen molar-refractivity contribution in [1.82, 2.24) is 4.90 Å². The molecule has 1 aromatic carbocycles. The molecule has 1 heterocycles. The van der Waals surface area contributed by atoms with E-state index < -0.39 is 0 Å².